The van der Waals surface area contributed by atoms with Crippen molar-refractivity contribution in [2.45, 2.75) is 44.2 Å². The number of benzene rings is 1. The molecule has 2 nitrogen and oxygen atoms in total. The Balaban J connectivity index is 2.08. The van der Waals surface area contributed by atoms with Crippen molar-refractivity contribution in [3.05, 3.63) is 29.3 Å². The lowest BCUT2D eigenvalue weighted by atomic mass is 9.95. The zero-order valence-electron chi connectivity index (χ0n) is 9.12. The van der Waals surface area contributed by atoms with Crippen LogP contribution in [0.25, 0.3) is 0 Å². The minimum atomic E-state index is -0.0809. The molecule has 2 heteroatoms. The lowest BCUT2D eigenvalue weighted by Crippen LogP contribution is -2.25. The first-order valence-electron chi connectivity index (χ1n) is 5.77. The summed E-state index contributed by atoms with van der Waals surface area (Å²) in [6, 6.07) is 6.40. The van der Waals surface area contributed by atoms with E-state index in [2.05, 4.69) is 25.1 Å². The van der Waals surface area contributed by atoms with Crippen molar-refractivity contribution in [3.63, 3.8) is 0 Å². The molecule has 0 amide bonds. The summed E-state index contributed by atoms with van der Waals surface area (Å²) >= 11 is 0. The van der Waals surface area contributed by atoms with E-state index in [-0.39, 0.29) is 5.54 Å². The molecular weight excluding hydrogens is 186 g/mol. The highest BCUT2D eigenvalue weighted by atomic mass is 16.5. The number of hydrogen-bond donors (Lipinski definition) is 1. The van der Waals surface area contributed by atoms with Gasteiger partial charge < -0.3 is 10.5 Å². The van der Waals surface area contributed by atoms with E-state index in [1.165, 1.54) is 11.1 Å². The second-order valence-electron chi connectivity index (χ2n) is 4.92. The molecule has 0 aromatic heterocycles. The number of nitrogens with two attached hydrogens (primary N) is 1. The number of rotatable bonds is 1. The van der Waals surface area contributed by atoms with Crippen molar-refractivity contribution >= 4 is 0 Å². The molecule has 1 fully saturated rings. The van der Waals surface area contributed by atoms with Crippen LogP contribution >= 0.6 is 0 Å². The fourth-order valence-electron chi connectivity index (χ4n) is 2.34. The average molecular weight is 203 g/mol. The van der Waals surface area contributed by atoms with E-state index in [0.29, 0.717) is 6.10 Å². The van der Waals surface area contributed by atoms with Crippen LogP contribution in [-0.4, -0.2) is 6.10 Å². The Morgan fingerprint density at radius 1 is 1.40 bits per heavy atom. The third-order valence-electron chi connectivity index (χ3n) is 3.56. The minimum absolute atomic E-state index is 0.0809. The molecule has 2 N–H and O–H groups in total. The molecule has 0 saturated heterocycles. The van der Waals surface area contributed by atoms with Crippen LogP contribution in [-0.2, 0) is 12.0 Å². The molecule has 1 saturated carbocycles. The summed E-state index contributed by atoms with van der Waals surface area (Å²) in [5, 5.41) is 0. The molecule has 0 spiro atoms. The molecule has 1 aliphatic heterocycles. The highest BCUT2D eigenvalue weighted by molar-refractivity contribution is 5.48. The van der Waals surface area contributed by atoms with E-state index < -0.39 is 0 Å². The summed E-state index contributed by atoms with van der Waals surface area (Å²) < 4.78 is 5.95. The number of aryl methyl sites for hydroxylation is 1. The van der Waals surface area contributed by atoms with Gasteiger partial charge in [0.25, 0.3) is 0 Å². The van der Waals surface area contributed by atoms with Crippen LogP contribution in [0.3, 0.4) is 0 Å². The van der Waals surface area contributed by atoms with Gasteiger partial charge in [0.05, 0.1) is 6.10 Å². The van der Waals surface area contributed by atoms with Crippen LogP contribution in [0.15, 0.2) is 18.2 Å². The number of ether oxygens (including phenoxy) is 1. The van der Waals surface area contributed by atoms with E-state index in [1.54, 1.807) is 0 Å². The van der Waals surface area contributed by atoms with E-state index in [0.717, 1.165) is 31.4 Å². The highest BCUT2D eigenvalue weighted by Gasteiger charge is 2.43. The molecule has 2 aliphatic rings. The smallest absolute Gasteiger partial charge is 0.127 e. The SMILES string of the molecule is CC1CCc2cccc(C3(N)CC3)c2O1. The fraction of sp³-hybridized carbons (Fsp3) is 0.538. The maximum Gasteiger partial charge on any atom is 0.127 e. The fourth-order valence-corrected chi connectivity index (χ4v) is 2.34. The monoisotopic (exact) mass is 203 g/mol. The molecule has 0 bridgehead atoms. The topological polar surface area (TPSA) is 35.2 Å². The van der Waals surface area contributed by atoms with Gasteiger partial charge in [-0.05, 0) is 38.2 Å². The van der Waals surface area contributed by atoms with Gasteiger partial charge in [0.15, 0.2) is 0 Å². The Morgan fingerprint density at radius 2 is 2.20 bits per heavy atom. The minimum Gasteiger partial charge on any atom is -0.490 e. The maximum atomic E-state index is 6.26. The Labute approximate surface area is 90.4 Å². The Bertz CT molecular complexity index is 396. The van der Waals surface area contributed by atoms with Crippen LogP contribution in [0, 0.1) is 0 Å². The molecular formula is C13H17NO. The van der Waals surface area contributed by atoms with Crippen molar-refractivity contribution in [2.75, 3.05) is 0 Å². The predicted octanol–water partition coefficient (Wildman–Crippen LogP) is 2.35. The maximum absolute atomic E-state index is 6.26. The second-order valence-corrected chi connectivity index (χ2v) is 4.92. The second kappa shape index (κ2) is 2.99. The van der Waals surface area contributed by atoms with Crippen molar-refractivity contribution in [1.82, 2.24) is 0 Å². The van der Waals surface area contributed by atoms with E-state index in [9.17, 15) is 0 Å². The van der Waals surface area contributed by atoms with E-state index in [4.69, 9.17) is 10.5 Å². The lowest BCUT2D eigenvalue weighted by molar-refractivity contribution is 0.189. The molecule has 1 aromatic rings. The van der Waals surface area contributed by atoms with E-state index >= 15 is 0 Å². The first-order valence-corrected chi connectivity index (χ1v) is 5.77. The summed E-state index contributed by atoms with van der Waals surface area (Å²) in [4.78, 5) is 0. The van der Waals surface area contributed by atoms with Crippen molar-refractivity contribution < 1.29 is 4.74 Å². The summed E-state index contributed by atoms with van der Waals surface area (Å²) in [7, 11) is 0. The quantitative estimate of drug-likeness (QED) is 0.760. The van der Waals surface area contributed by atoms with Gasteiger partial charge in [-0.2, -0.15) is 0 Å². The zero-order chi connectivity index (χ0) is 10.5. The van der Waals surface area contributed by atoms with Crippen LogP contribution in [0.1, 0.15) is 37.3 Å². The van der Waals surface area contributed by atoms with Gasteiger partial charge in [0.2, 0.25) is 0 Å². The largest absolute Gasteiger partial charge is 0.490 e. The third-order valence-corrected chi connectivity index (χ3v) is 3.56. The van der Waals surface area contributed by atoms with Crippen LogP contribution in [0.5, 0.6) is 5.75 Å². The highest BCUT2D eigenvalue weighted by Crippen LogP contribution is 2.48. The number of fused-ring (bicyclic) bond motifs is 1. The first kappa shape index (κ1) is 9.22. The van der Waals surface area contributed by atoms with Gasteiger partial charge in [-0.1, -0.05) is 18.2 Å². The van der Waals surface area contributed by atoms with Crippen LogP contribution < -0.4 is 10.5 Å². The molecule has 1 aliphatic carbocycles. The van der Waals surface area contributed by atoms with Crippen molar-refractivity contribution in [2.24, 2.45) is 5.73 Å². The van der Waals surface area contributed by atoms with Gasteiger partial charge in [-0.25, -0.2) is 0 Å². The molecule has 80 valence electrons. The molecule has 0 radical (unpaired) electrons. The lowest BCUT2D eigenvalue weighted by Gasteiger charge is -2.27. The summed E-state index contributed by atoms with van der Waals surface area (Å²) in [6.45, 7) is 2.13. The number of hydrogen-bond acceptors (Lipinski definition) is 2. The molecule has 1 aromatic carbocycles. The first-order chi connectivity index (χ1) is 7.19. The number of para-hydroxylation sites is 1. The Kier molecular flexibility index (Phi) is 1.84. The molecule has 1 atom stereocenters. The predicted molar refractivity (Wildman–Crippen MR) is 60.0 cm³/mol. The van der Waals surface area contributed by atoms with Gasteiger partial charge in [0, 0.05) is 11.1 Å². The molecule has 1 unspecified atom stereocenters. The van der Waals surface area contributed by atoms with Crippen molar-refractivity contribution in [1.29, 1.82) is 0 Å². The molecule has 3 rings (SSSR count). The van der Waals surface area contributed by atoms with Crippen LogP contribution in [0.2, 0.25) is 0 Å². The Hall–Kier alpha value is -1.02. The van der Waals surface area contributed by atoms with Gasteiger partial charge in [-0.3, -0.25) is 0 Å². The third kappa shape index (κ3) is 1.44. The summed E-state index contributed by atoms with van der Waals surface area (Å²) in [6.07, 6.45) is 4.78. The average Bonchev–Trinajstić information content (AvgIpc) is 2.96. The standard InChI is InChI=1S/C13H17NO/c1-9-5-6-10-3-2-4-11(12(10)15-9)13(14)7-8-13/h2-4,9H,5-8,14H2,1H3. The van der Waals surface area contributed by atoms with E-state index in [1.807, 2.05) is 0 Å². The van der Waals surface area contributed by atoms with Crippen LogP contribution in [0.4, 0.5) is 0 Å². The normalized spacial score (nSPS) is 26.7. The van der Waals surface area contributed by atoms with Gasteiger partial charge in [0.1, 0.15) is 5.75 Å². The van der Waals surface area contributed by atoms with Gasteiger partial charge in [-0.15, -0.1) is 0 Å². The zero-order valence-corrected chi connectivity index (χ0v) is 9.12. The summed E-state index contributed by atoms with van der Waals surface area (Å²) in [5.41, 5.74) is 8.74. The van der Waals surface area contributed by atoms with Crippen molar-refractivity contribution in [3.8, 4) is 5.75 Å². The Morgan fingerprint density at radius 3 is 2.93 bits per heavy atom. The molecule has 1 heterocycles. The van der Waals surface area contributed by atoms with Gasteiger partial charge >= 0.3 is 0 Å². The molecule has 15 heavy (non-hydrogen) atoms. The summed E-state index contributed by atoms with van der Waals surface area (Å²) in [5.74, 6) is 1.08.